The zero-order valence-corrected chi connectivity index (χ0v) is 12.6. The summed E-state index contributed by atoms with van der Waals surface area (Å²) in [6.07, 6.45) is 12.8. The largest absolute Gasteiger partial charge is 0.293 e. The van der Waals surface area contributed by atoms with E-state index in [-0.39, 0.29) is 0 Å². The topological polar surface area (TPSA) is 3.24 Å². The fraction of sp³-hybridized carbons (Fsp3) is 0.684. The highest BCUT2D eigenvalue weighted by Gasteiger charge is 2.49. The van der Waals surface area contributed by atoms with E-state index in [1.807, 2.05) is 0 Å². The molecule has 0 spiro atoms. The van der Waals surface area contributed by atoms with Crippen molar-refractivity contribution in [3.05, 3.63) is 35.4 Å². The predicted molar refractivity (Wildman–Crippen MR) is 83.8 cm³/mol. The molecule has 1 aliphatic heterocycles. The molecular weight excluding hydrogens is 242 g/mol. The maximum atomic E-state index is 2.90. The molecule has 1 heterocycles. The van der Waals surface area contributed by atoms with E-state index in [1.54, 1.807) is 11.1 Å². The van der Waals surface area contributed by atoms with E-state index >= 15 is 0 Å². The van der Waals surface area contributed by atoms with Crippen LogP contribution in [0, 0.1) is 5.92 Å². The van der Waals surface area contributed by atoms with Crippen molar-refractivity contribution in [1.29, 1.82) is 0 Å². The van der Waals surface area contributed by atoms with Crippen molar-refractivity contribution >= 4 is 0 Å². The third-order valence-electron chi connectivity index (χ3n) is 6.20. The quantitative estimate of drug-likeness (QED) is 0.725. The Balaban J connectivity index is 1.81. The molecule has 20 heavy (non-hydrogen) atoms. The number of hydrogen-bond donors (Lipinski definition) is 0. The molecule has 0 bridgehead atoms. The van der Waals surface area contributed by atoms with Crippen LogP contribution in [0.25, 0.3) is 0 Å². The molecular formula is C19H27N. The van der Waals surface area contributed by atoms with Gasteiger partial charge in [0.05, 0.1) is 0 Å². The van der Waals surface area contributed by atoms with Crippen molar-refractivity contribution in [2.24, 2.45) is 5.92 Å². The normalized spacial score (nSPS) is 34.3. The van der Waals surface area contributed by atoms with Crippen molar-refractivity contribution in [2.45, 2.75) is 63.3 Å². The molecule has 0 amide bonds. The van der Waals surface area contributed by atoms with Gasteiger partial charge in [-0.15, -0.1) is 0 Å². The lowest BCUT2D eigenvalue weighted by molar-refractivity contribution is -0.0277. The van der Waals surface area contributed by atoms with Gasteiger partial charge in [0, 0.05) is 5.54 Å². The minimum atomic E-state index is 0.410. The van der Waals surface area contributed by atoms with Gasteiger partial charge in [0.1, 0.15) is 0 Å². The Morgan fingerprint density at radius 3 is 2.65 bits per heavy atom. The summed E-state index contributed by atoms with van der Waals surface area (Å²) in [7, 11) is 0. The molecule has 1 aromatic carbocycles. The minimum Gasteiger partial charge on any atom is -0.293 e. The van der Waals surface area contributed by atoms with Crippen LogP contribution in [0.4, 0.5) is 0 Å². The molecule has 4 rings (SSSR count). The molecule has 1 saturated carbocycles. The van der Waals surface area contributed by atoms with Crippen molar-refractivity contribution in [3.63, 3.8) is 0 Å². The number of rotatable bonds is 1. The lowest BCUT2D eigenvalue weighted by Gasteiger charge is -2.56. The number of likely N-dealkylation sites (tertiary alicyclic amines) is 1. The second-order valence-electron chi connectivity index (χ2n) is 7.11. The van der Waals surface area contributed by atoms with E-state index in [4.69, 9.17) is 0 Å². The Morgan fingerprint density at radius 1 is 0.900 bits per heavy atom. The van der Waals surface area contributed by atoms with Crippen molar-refractivity contribution in [1.82, 2.24) is 4.90 Å². The van der Waals surface area contributed by atoms with Gasteiger partial charge in [0.25, 0.3) is 0 Å². The summed E-state index contributed by atoms with van der Waals surface area (Å²) in [4.78, 5) is 2.90. The fourth-order valence-corrected chi connectivity index (χ4v) is 5.34. The highest BCUT2D eigenvalue weighted by Crippen LogP contribution is 2.52. The van der Waals surface area contributed by atoms with Gasteiger partial charge in [-0.1, -0.05) is 43.5 Å². The van der Waals surface area contributed by atoms with E-state index in [2.05, 4.69) is 29.2 Å². The number of nitrogens with zero attached hydrogens (tertiary/aromatic N) is 1. The number of piperidine rings is 1. The minimum absolute atomic E-state index is 0.410. The summed E-state index contributed by atoms with van der Waals surface area (Å²) in [5.41, 5.74) is 3.77. The third-order valence-corrected chi connectivity index (χ3v) is 6.20. The van der Waals surface area contributed by atoms with Crippen LogP contribution in [-0.4, -0.2) is 18.0 Å². The second-order valence-corrected chi connectivity index (χ2v) is 7.11. The lowest BCUT2D eigenvalue weighted by atomic mass is 9.61. The molecule has 1 heteroatoms. The predicted octanol–water partition coefficient (Wildman–Crippen LogP) is 4.50. The third kappa shape index (κ3) is 1.86. The Kier molecular flexibility index (Phi) is 3.34. The maximum Gasteiger partial charge on any atom is 0.0491 e. The summed E-state index contributed by atoms with van der Waals surface area (Å²) in [5, 5.41) is 0. The summed E-state index contributed by atoms with van der Waals surface area (Å²) in [5.74, 6) is 0.921. The zero-order chi connectivity index (χ0) is 13.4. The van der Waals surface area contributed by atoms with Crippen LogP contribution in [0.5, 0.6) is 0 Å². The highest BCUT2D eigenvalue weighted by atomic mass is 15.2. The first-order valence-electron chi connectivity index (χ1n) is 8.75. The van der Waals surface area contributed by atoms with Gasteiger partial charge in [-0.05, 0) is 68.7 Å². The van der Waals surface area contributed by atoms with Crippen LogP contribution >= 0.6 is 0 Å². The van der Waals surface area contributed by atoms with E-state index in [0.717, 1.165) is 5.92 Å². The van der Waals surface area contributed by atoms with Crippen LogP contribution in [0.15, 0.2) is 24.3 Å². The molecule has 1 nitrogen and oxygen atoms in total. The molecule has 0 N–H and O–H groups in total. The first-order chi connectivity index (χ1) is 9.91. The monoisotopic (exact) mass is 269 g/mol. The number of fused-ring (bicyclic) bond motifs is 3. The summed E-state index contributed by atoms with van der Waals surface area (Å²) in [6, 6.07) is 9.38. The molecule has 1 aromatic rings. The molecule has 2 atom stereocenters. The van der Waals surface area contributed by atoms with E-state index in [9.17, 15) is 0 Å². The Labute approximate surface area is 123 Å². The molecule has 3 aliphatic rings. The Bertz CT molecular complexity index is 474. The first-order valence-corrected chi connectivity index (χ1v) is 8.75. The molecule has 1 saturated heterocycles. The zero-order valence-electron chi connectivity index (χ0n) is 12.6. The van der Waals surface area contributed by atoms with Crippen LogP contribution in [0.2, 0.25) is 0 Å². The lowest BCUT2D eigenvalue weighted by Crippen LogP contribution is -2.56. The molecule has 108 valence electrons. The van der Waals surface area contributed by atoms with Crippen LogP contribution in [0.1, 0.15) is 62.5 Å². The SMILES string of the molecule is c1ccc2c(c1)CC[C@H]1CCCC[C@@]21N1CCCCC1. The number of benzene rings is 1. The molecule has 0 unspecified atom stereocenters. The summed E-state index contributed by atoms with van der Waals surface area (Å²) < 4.78 is 0. The van der Waals surface area contributed by atoms with Crippen LogP contribution in [-0.2, 0) is 12.0 Å². The van der Waals surface area contributed by atoms with Crippen molar-refractivity contribution < 1.29 is 0 Å². The van der Waals surface area contributed by atoms with Crippen molar-refractivity contribution in [3.8, 4) is 0 Å². The standard InChI is InChI=1S/C19H27N/c1-6-14-20(15-7-1)19-13-5-4-9-17(19)12-11-16-8-2-3-10-18(16)19/h2-3,8,10,17H,1,4-7,9,11-15H2/t17-,19+/m1/s1. The van der Waals surface area contributed by atoms with E-state index in [1.165, 1.54) is 70.9 Å². The number of aryl methyl sites for hydroxylation is 1. The van der Waals surface area contributed by atoms with Gasteiger partial charge in [-0.3, -0.25) is 4.90 Å². The summed E-state index contributed by atoms with van der Waals surface area (Å²) in [6.45, 7) is 2.68. The van der Waals surface area contributed by atoms with Gasteiger partial charge in [-0.25, -0.2) is 0 Å². The number of hydrogen-bond acceptors (Lipinski definition) is 1. The van der Waals surface area contributed by atoms with Gasteiger partial charge >= 0.3 is 0 Å². The highest BCUT2D eigenvalue weighted by molar-refractivity contribution is 5.38. The van der Waals surface area contributed by atoms with Crippen LogP contribution in [0.3, 0.4) is 0 Å². The Morgan fingerprint density at radius 2 is 1.75 bits per heavy atom. The molecule has 2 fully saturated rings. The first kappa shape index (κ1) is 12.9. The van der Waals surface area contributed by atoms with E-state index < -0.39 is 0 Å². The molecule has 0 radical (unpaired) electrons. The molecule has 0 aromatic heterocycles. The fourth-order valence-electron chi connectivity index (χ4n) is 5.34. The second kappa shape index (κ2) is 5.18. The van der Waals surface area contributed by atoms with Gasteiger partial charge in [0.15, 0.2) is 0 Å². The summed E-state index contributed by atoms with van der Waals surface area (Å²) >= 11 is 0. The average Bonchev–Trinajstić information content (AvgIpc) is 2.55. The van der Waals surface area contributed by atoms with E-state index in [0.29, 0.717) is 5.54 Å². The van der Waals surface area contributed by atoms with Crippen molar-refractivity contribution in [2.75, 3.05) is 13.1 Å². The van der Waals surface area contributed by atoms with Gasteiger partial charge < -0.3 is 0 Å². The molecule has 2 aliphatic carbocycles. The van der Waals surface area contributed by atoms with Gasteiger partial charge in [-0.2, -0.15) is 0 Å². The smallest absolute Gasteiger partial charge is 0.0491 e. The van der Waals surface area contributed by atoms with Gasteiger partial charge in [0.2, 0.25) is 0 Å². The Hall–Kier alpha value is -0.820. The maximum absolute atomic E-state index is 2.90. The van der Waals surface area contributed by atoms with Crippen LogP contribution < -0.4 is 0 Å². The average molecular weight is 269 g/mol.